The first-order chi connectivity index (χ1) is 7.54. The number of alkyl halides is 1. The summed E-state index contributed by atoms with van der Waals surface area (Å²) in [6.45, 7) is 1.96. The summed E-state index contributed by atoms with van der Waals surface area (Å²) in [7, 11) is 0. The molecule has 1 aliphatic heterocycles. The van der Waals surface area contributed by atoms with E-state index in [1.54, 1.807) is 0 Å². The van der Waals surface area contributed by atoms with E-state index in [1.807, 2.05) is 19.1 Å². The molecule has 0 atom stereocenters. The van der Waals surface area contributed by atoms with E-state index in [1.165, 1.54) is 7.14 Å². The van der Waals surface area contributed by atoms with Gasteiger partial charge in [-0.2, -0.15) is 0 Å². The zero-order chi connectivity index (χ0) is 11.8. The van der Waals surface area contributed by atoms with E-state index >= 15 is 0 Å². The van der Waals surface area contributed by atoms with Crippen molar-refractivity contribution in [1.29, 1.82) is 0 Å². The SMILES string of the molecule is CC1(CCCCl)Oc2cc(I)c(I)cc2O1. The molecule has 1 aromatic rings. The molecule has 1 heterocycles. The van der Waals surface area contributed by atoms with Crippen LogP contribution in [0.15, 0.2) is 12.1 Å². The Morgan fingerprint density at radius 2 is 1.69 bits per heavy atom. The number of ether oxygens (including phenoxy) is 2. The summed E-state index contributed by atoms with van der Waals surface area (Å²) >= 11 is 10.3. The molecule has 16 heavy (non-hydrogen) atoms. The van der Waals surface area contributed by atoms with E-state index in [0.29, 0.717) is 5.88 Å². The van der Waals surface area contributed by atoms with Crippen LogP contribution < -0.4 is 9.47 Å². The van der Waals surface area contributed by atoms with Crippen LogP contribution in [0.1, 0.15) is 19.8 Å². The highest BCUT2D eigenvalue weighted by Gasteiger charge is 2.36. The molecule has 1 aromatic carbocycles. The minimum atomic E-state index is -0.551. The molecule has 0 unspecified atom stereocenters. The molecule has 0 aromatic heterocycles. The van der Waals surface area contributed by atoms with Gasteiger partial charge in [-0.05, 0) is 63.7 Å². The predicted molar refractivity (Wildman–Crippen MR) is 81.5 cm³/mol. The topological polar surface area (TPSA) is 18.5 Å². The van der Waals surface area contributed by atoms with E-state index in [0.717, 1.165) is 24.3 Å². The Labute approximate surface area is 127 Å². The number of hydrogen-bond acceptors (Lipinski definition) is 2. The Morgan fingerprint density at radius 1 is 1.19 bits per heavy atom. The minimum Gasteiger partial charge on any atom is -0.449 e. The first kappa shape index (κ1) is 13.0. The van der Waals surface area contributed by atoms with Crippen LogP contribution in [0.2, 0.25) is 0 Å². The van der Waals surface area contributed by atoms with Gasteiger partial charge in [-0.1, -0.05) is 0 Å². The number of fused-ring (bicyclic) bond motifs is 1. The highest BCUT2D eigenvalue weighted by atomic mass is 127. The molecule has 1 aliphatic rings. The normalized spacial score (nSPS) is 16.5. The second-order valence-corrected chi connectivity index (χ2v) is 6.55. The maximum absolute atomic E-state index is 5.84. The van der Waals surface area contributed by atoms with E-state index in [4.69, 9.17) is 21.1 Å². The predicted octanol–water partition coefficient (Wildman–Crippen LogP) is 4.40. The summed E-state index contributed by atoms with van der Waals surface area (Å²) in [5, 5.41) is 0. The zero-order valence-electron chi connectivity index (χ0n) is 8.73. The van der Waals surface area contributed by atoms with E-state index in [2.05, 4.69) is 45.2 Å². The van der Waals surface area contributed by atoms with Crippen molar-refractivity contribution in [2.75, 3.05) is 5.88 Å². The minimum absolute atomic E-state index is 0.551. The summed E-state index contributed by atoms with van der Waals surface area (Å²) in [6, 6.07) is 4.03. The maximum Gasteiger partial charge on any atom is 0.248 e. The van der Waals surface area contributed by atoms with Gasteiger partial charge >= 0.3 is 0 Å². The summed E-state index contributed by atoms with van der Waals surface area (Å²) < 4.78 is 14.1. The summed E-state index contributed by atoms with van der Waals surface area (Å²) in [6.07, 6.45) is 1.69. The molecule has 0 spiro atoms. The highest BCUT2D eigenvalue weighted by molar-refractivity contribution is 14.1. The van der Waals surface area contributed by atoms with Gasteiger partial charge in [-0.15, -0.1) is 11.6 Å². The summed E-state index contributed by atoms with van der Waals surface area (Å²) in [5.74, 6) is 1.75. The molecule has 2 nitrogen and oxygen atoms in total. The Hall–Kier alpha value is 0.570. The number of halogens is 3. The van der Waals surface area contributed by atoms with Crippen LogP contribution in [0.25, 0.3) is 0 Å². The molecule has 88 valence electrons. The van der Waals surface area contributed by atoms with Crippen LogP contribution in [0, 0.1) is 7.14 Å². The molecule has 0 saturated carbocycles. The van der Waals surface area contributed by atoms with Crippen LogP contribution >= 0.6 is 56.8 Å². The molecule has 0 aliphatic carbocycles. The van der Waals surface area contributed by atoms with Crippen molar-refractivity contribution in [2.24, 2.45) is 0 Å². The average molecular weight is 464 g/mol. The first-order valence-electron chi connectivity index (χ1n) is 4.97. The zero-order valence-corrected chi connectivity index (χ0v) is 13.8. The Kier molecular flexibility index (Phi) is 4.11. The molecule has 0 fully saturated rings. The van der Waals surface area contributed by atoms with E-state index < -0.39 is 5.79 Å². The number of hydrogen-bond donors (Lipinski definition) is 0. The van der Waals surface area contributed by atoms with Crippen molar-refractivity contribution in [3.05, 3.63) is 19.3 Å². The van der Waals surface area contributed by atoms with Gasteiger partial charge in [0.15, 0.2) is 11.5 Å². The smallest absolute Gasteiger partial charge is 0.248 e. The van der Waals surface area contributed by atoms with Gasteiger partial charge < -0.3 is 9.47 Å². The molecule has 5 heteroatoms. The van der Waals surface area contributed by atoms with Crippen molar-refractivity contribution < 1.29 is 9.47 Å². The fourth-order valence-corrected chi connectivity index (χ4v) is 2.66. The van der Waals surface area contributed by atoms with Crippen LogP contribution in [0.4, 0.5) is 0 Å². The van der Waals surface area contributed by atoms with Gasteiger partial charge in [0.25, 0.3) is 0 Å². The van der Waals surface area contributed by atoms with Gasteiger partial charge in [-0.3, -0.25) is 0 Å². The van der Waals surface area contributed by atoms with Crippen molar-refractivity contribution >= 4 is 56.8 Å². The van der Waals surface area contributed by atoms with Crippen molar-refractivity contribution in [3.63, 3.8) is 0 Å². The number of benzene rings is 1. The standard InChI is InChI=1S/C11H11ClI2O2/c1-11(3-2-4-12)15-9-5-7(13)8(14)6-10(9)16-11/h5-6H,2-4H2,1H3. The summed E-state index contributed by atoms with van der Waals surface area (Å²) in [4.78, 5) is 0. The van der Waals surface area contributed by atoms with Crippen LogP contribution in [-0.2, 0) is 0 Å². The third-order valence-corrected chi connectivity index (χ3v) is 5.49. The third kappa shape index (κ3) is 2.69. The summed E-state index contributed by atoms with van der Waals surface area (Å²) in [5.41, 5.74) is 0. The van der Waals surface area contributed by atoms with Gasteiger partial charge in [0.05, 0.1) is 0 Å². The molecule has 2 rings (SSSR count). The molecular weight excluding hydrogens is 453 g/mol. The van der Waals surface area contributed by atoms with Crippen LogP contribution in [0.5, 0.6) is 11.5 Å². The third-order valence-electron chi connectivity index (χ3n) is 2.40. The lowest BCUT2D eigenvalue weighted by molar-refractivity contribution is -0.0682. The molecule has 0 radical (unpaired) electrons. The molecule has 0 amide bonds. The van der Waals surface area contributed by atoms with Gasteiger partial charge in [0.1, 0.15) is 0 Å². The van der Waals surface area contributed by atoms with Gasteiger partial charge in [0, 0.05) is 26.4 Å². The Bertz CT molecular complexity index is 378. The fraction of sp³-hybridized carbons (Fsp3) is 0.455. The molecular formula is C11H11ClI2O2. The average Bonchev–Trinajstić information content (AvgIpc) is 2.53. The quantitative estimate of drug-likeness (QED) is 0.488. The lowest BCUT2D eigenvalue weighted by Gasteiger charge is -2.22. The second kappa shape index (κ2) is 5.06. The number of rotatable bonds is 3. The Balaban J connectivity index is 2.20. The van der Waals surface area contributed by atoms with Gasteiger partial charge in [0.2, 0.25) is 5.79 Å². The van der Waals surface area contributed by atoms with Crippen LogP contribution in [-0.4, -0.2) is 11.7 Å². The highest BCUT2D eigenvalue weighted by Crippen LogP contribution is 2.43. The van der Waals surface area contributed by atoms with Crippen LogP contribution in [0.3, 0.4) is 0 Å². The lowest BCUT2D eigenvalue weighted by atomic mass is 10.2. The largest absolute Gasteiger partial charge is 0.449 e. The van der Waals surface area contributed by atoms with Crippen molar-refractivity contribution in [2.45, 2.75) is 25.6 Å². The van der Waals surface area contributed by atoms with E-state index in [9.17, 15) is 0 Å². The van der Waals surface area contributed by atoms with E-state index in [-0.39, 0.29) is 0 Å². The fourth-order valence-electron chi connectivity index (χ4n) is 1.65. The molecule has 0 N–H and O–H groups in total. The van der Waals surface area contributed by atoms with Gasteiger partial charge in [-0.25, -0.2) is 0 Å². The van der Waals surface area contributed by atoms with Crippen molar-refractivity contribution in [3.8, 4) is 11.5 Å². The Morgan fingerprint density at radius 3 is 2.12 bits per heavy atom. The first-order valence-corrected chi connectivity index (χ1v) is 7.66. The van der Waals surface area contributed by atoms with Crippen molar-refractivity contribution in [1.82, 2.24) is 0 Å². The lowest BCUT2D eigenvalue weighted by Crippen LogP contribution is -2.34. The monoisotopic (exact) mass is 464 g/mol. The second-order valence-electron chi connectivity index (χ2n) is 3.84. The molecule has 0 bridgehead atoms. The molecule has 0 saturated heterocycles. The maximum atomic E-state index is 5.84.